The maximum Gasteiger partial charge on any atom is 0.316 e. The summed E-state index contributed by atoms with van der Waals surface area (Å²) in [5.74, 6) is 1.65. The van der Waals surface area contributed by atoms with Gasteiger partial charge in [0.2, 0.25) is 11.8 Å². The predicted octanol–water partition coefficient (Wildman–Crippen LogP) is 7.13. The van der Waals surface area contributed by atoms with Gasteiger partial charge in [-0.05, 0) is 93.2 Å². The van der Waals surface area contributed by atoms with E-state index in [4.69, 9.17) is 14.2 Å². The van der Waals surface area contributed by atoms with Crippen LogP contribution in [-0.4, -0.2) is 44.8 Å². The average molecular weight is 588 g/mol. The van der Waals surface area contributed by atoms with Crippen molar-refractivity contribution in [2.75, 3.05) is 18.1 Å². The number of amides is 1. The van der Waals surface area contributed by atoms with Gasteiger partial charge in [-0.2, -0.15) is 4.98 Å². The van der Waals surface area contributed by atoms with Crippen LogP contribution in [0.5, 0.6) is 6.01 Å². The highest BCUT2D eigenvalue weighted by molar-refractivity contribution is 5.95. The number of aromatic nitrogens is 4. The molecule has 0 aliphatic heterocycles. The van der Waals surface area contributed by atoms with Crippen LogP contribution in [0.4, 0.5) is 10.1 Å². The number of carbonyl (C=O) groups excluding carboxylic acids is 1. The number of hydrogen-bond donors (Lipinski definition) is 0. The third-order valence-electron chi connectivity index (χ3n) is 10.7. The fraction of sp³-hybridized carbons (Fsp3) is 0.618. The molecule has 3 aromatic rings. The molecule has 0 spiro atoms. The highest BCUT2D eigenvalue weighted by Crippen LogP contribution is 2.71. The summed E-state index contributed by atoms with van der Waals surface area (Å²) in [5, 5.41) is 4.45. The molecule has 6 saturated carbocycles. The van der Waals surface area contributed by atoms with E-state index in [1.807, 2.05) is 30.0 Å². The second-order valence-electron chi connectivity index (χ2n) is 15.0. The lowest BCUT2D eigenvalue weighted by atomic mass is 9.41. The lowest BCUT2D eigenvalue weighted by Gasteiger charge is -2.66. The van der Waals surface area contributed by atoms with Crippen LogP contribution in [0.1, 0.15) is 104 Å². The van der Waals surface area contributed by atoms with E-state index in [0.717, 1.165) is 61.2 Å². The summed E-state index contributed by atoms with van der Waals surface area (Å²) < 4.78 is 25.5. The van der Waals surface area contributed by atoms with Gasteiger partial charge in [-0.25, -0.2) is 14.4 Å². The molecule has 0 saturated heterocycles. The molecule has 4 bridgehead atoms. The molecule has 6 aliphatic carbocycles. The minimum absolute atomic E-state index is 0.0347. The summed E-state index contributed by atoms with van der Waals surface area (Å²) in [6.07, 6.45) is 11.5. The van der Waals surface area contributed by atoms with E-state index in [9.17, 15) is 9.18 Å². The van der Waals surface area contributed by atoms with Gasteiger partial charge >= 0.3 is 6.01 Å². The van der Waals surface area contributed by atoms with Crippen molar-refractivity contribution < 1.29 is 18.4 Å². The summed E-state index contributed by atoms with van der Waals surface area (Å²) >= 11 is 0. The highest BCUT2D eigenvalue weighted by Gasteiger charge is 2.69. The highest BCUT2D eigenvalue weighted by atomic mass is 19.1. The average Bonchev–Trinajstić information content (AvgIpc) is 3.49. The SMILES string of the molecule is CCOc1ncc(-c2cccc(N(CC34CCC(c5noc(C(C)(C)C)n5)(CC3)CC4)C(=O)CC34CC(F)(C3)C4)c2)cn1. The Hall–Kier alpha value is -3.36. The first-order chi connectivity index (χ1) is 20.4. The van der Waals surface area contributed by atoms with Crippen molar-refractivity contribution in [1.82, 2.24) is 20.1 Å². The van der Waals surface area contributed by atoms with Crippen LogP contribution in [0.15, 0.2) is 41.2 Å². The van der Waals surface area contributed by atoms with Gasteiger partial charge in [0, 0.05) is 47.4 Å². The first-order valence-electron chi connectivity index (χ1n) is 15.8. The number of nitrogens with zero attached hydrogens (tertiary/aromatic N) is 5. The van der Waals surface area contributed by atoms with Crippen LogP contribution in [0, 0.1) is 10.8 Å². The molecular formula is C34H42FN5O3. The van der Waals surface area contributed by atoms with Crippen molar-refractivity contribution in [2.24, 2.45) is 10.8 Å². The molecule has 8 nitrogen and oxygen atoms in total. The minimum Gasteiger partial charge on any atom is -0.464 e. The van der Waals surface area contributed by atoms with Gasteiger partial charge in [0.05, 0.1) is 6.61 Å². The number of ether oxygens (including phenoxy) is 1. The number of hydrogen-bond acceptors (Lipinski definition) is 7. The molecule has 6 fully saturated rings. The summed E-state index contributed by atoms with van der Waals surface area (Å²) in [6, 6.07) is 8.45. The van der Waals surface area contributed by atoms with Gasteiger partial charge in [-0.15, -0.1) is 0 Å². The molecular weight excluding hydrogens is 545 g/mol. The van der Waals surface area contributed by atoms with Crippen molar-refractivity contribution in [3.63, 3.8) is 0 Å². The van der Waals surface area contributed by atoms with Gasteiger partial charge in [0.15, 0.2) is 5.82 Å². The van der Waals surface area contributed by atoms with Gasteiger partial charge in [0.1, 0.15) is 5.67 Å². The zero-order valence-corrected chi connectivity index (χ0v) is 25.8. The summed E-state index contributed by atoms with van der Waals surface area (Å²) in [4.78, 5) is 29.6. The summed E-state index contributed by atoms with van der Waals surface area (Å²) in [5.41, 5.74) is 1.33. The van der Waals surface area contributed by atoms with E-state index < -0.39 is 5.67 Å². The van der Waals surface area contributed by atoms with Crippen molar-refractivity contribution in [2.45, 2.75) is 108 Å². The Bertz CT molecular complexity index is 1480. The van der Waals surface area contributed by atoms with Gasteiger partial charge in [-0.3, -0.25) is 4.79 Å². The predicted molar refractivity (Wildman–Crippen MR) is 161 cm³/mol. The Morgan fingerprint density at radius 1 is 1.00 bits per heavy atom. The normalized spacial score (nSPS) is 30.8. The number of anilines is 1. The van der Waals surface area contributed by atoms with Crippen LogP contribution >= 0.6 is 0 Å². The second kappa shape index (κ2) is 9.83. The summed E-state index contributed by atoms with van der Waals surface area (Å²) in [6.45, 7) is 9.36. The zero-order valence-electron chi connectivity index (χ0n) is 25.8. The molecule has 2 heterocycles. The molecule has 6 aliphatic rings. The molecule has 0 atom stereocenters. The van der Waals surface area contributed by atoms with Crippen molar-refractivity contribution in [3.05, 3.63) is 48.4 Å². The van der Waals surface area contributed by atoms with E-state index in [1.54, 1.807) is 12.4 Å². The third kappa shape index (κ3) is 5.02. The summed E-state index contributed by atoms with van der Waals surface area (Å²) in [7, 11) is 0. The first-order valence-corrected chi connectivity index (χ1v) is 15.8. The fourth-order valence-electron chi connectivity index (χ4n) is 8.23. The van der Waals surface area contributed by atoms with Crippen molar-refractivity contribution in [3.8, 4) is 17.1 Å². The molecule has 1 aromatic carbocycles. The standard InChI is InChI=1S/C34H42FN5O3/c1-5-42-29-36-17-24(18-37-29)23-7-6-8-25(15-23)40(26(41)16-32-19-34(35,20-32)21-32)22-31-9-12-33(13-10-31,14-11-31)27-38-28(43-39-27)30(2,3)4/h6-8,15,17-18H,5,9-14,16,19-22H2,1-4H3. The Kier molecular flexibility index (Phi) is 6.49. The molecule has 9 heteroatoms. The topological polar surface area (TPSA) is 94.2 Å². The molecule has 0 unspecified atom stereocenters. The molecule has 228 valence electrons. The number of alkyl halides is 1. The lowest BCUT2D eigenvalue weighted by molar-refractivity contribution is -0.215. The van der Waals surface area contributed by atoms with Crippen LogP contribution in [0.25, 0.3) is 11.1 Å². The van der Waals surface area contributed by atoms with Crippen LogP contribution in [-0.2, 0) is 15.6 Å². The van der Waals surface area contributed by atoms with E-state index in [1.165, 1.54) is 0 Å². The van der Waals surface area contributed by atoms with E-state index in [2.05, 4.69) is 42.0 Å². The first kappa shape index (κ1) is 28.4. The van der Waals surface area contributed by atoms with Gasteiger partial charge in [-0.1, -0.05) is 38.1 Å². The molecule has 0 radical (unpaired) electrons. The number of carbonyl (C=O) groups is 1. The number of halogens is 1. The maximum atomic E-state index is 14.4. The zero-order chi connectivity index (χ0) is 30.1. The number of benzene rings is 1. The van der Waals surface area contributed by atoms with Crippen LogP contribution < -0.4 is 9.64 Å². The number of rotatable bonds is 9. The second-order valence-corrected chi connectivity index (χ2v) is 15.0. The third-order valence-corrected chi connectivity index (χ3v) is 10.7. The Labute approximate surface area is 252 Å². The van der Waals surface area contributed by atoms with Gasteiger partial charge in [0.25, 0.3) is 0 Å². The molecule has 2 aromatic heterocycles. The van der Waals surface area contributed by atoms with Crippen LogP contribution in [0.2, 0.25) is 0 Å². The largest absolute Gasteiger partial charge is 0.464 e. The van der Waals surface area contributed by atoms with E-state index >= 15 is 0 Å². The smallest absolute Gasteiger partial charge is 0.316 e. The molecule has 0 N–H and O–H groups in total. The Balaban J connectivity index is 1.13. The number of fused-ring (bicyclic) bond motifs is 3. The van der Waals surface area contributed by atoms with Crippen molar-refractivity contribution >= 4 is 11.6 Å². The van der Waals surface area contributed by atoms with E-state index in [0.29, 0.717) is 50.7 Å². The van der Waals surface area contributed by atoms with E-state index in [-0.39, 0.29) is 27.6 Å². The van der Waals surface area contributed by atoms with Crippen LogP contribution in [0.3, 0.4) is 0 Å². The Morgan fingerprint density at radius 3 is 2.26 bits per heavy atom. The quantitative estimate of drug-likeness (QED) is 0.263. The fourth-order valence-corrected chi connectivity index (χ4v) is 8.23. The molecule has 43 heavy (non-hydrogen) atoms. The molecule has 9 rings (SSSR count). The monoisotopic (exact) mass is 587 g/mol. The maximum absolute atomic E-state index is 14.4. The van der Waals surface area contributed by atoms with Gasteiger partial charge < -0.3 is 14.2 Å². The lowest BCUT2D eigenvalue weighted by Crippen LogP contribution is -2.65. The Morgan fingerprint density at radius 2 is 1.67 bits per heavy atom. The minimum atomic E-state index is -1.02. The molecule has 1 amide bonds. The van der Waals surface area contributed by atoms with Crippen molar-refractivity contribution in [1.29, 1.82) is 0 Å².